The molecule has 0 radical (unpaired) electrons. The second kappa shape index (κ2) is 7.70. The van der Waals surface area contributed by atoms with Crippen LogP contribution in [0.15, 0.2) is 47.5 Å². The summed E-state index contributed by atoms with van der Waals surface area (Å²) >= 11 is 0. The zero-order valence-corrected chi connectivity index (χ0v) is 12.4. The Labute approximate surface area is 116 Å². The second-order valence-electron chi connectivity index (χ2n) is 4.82. The molecule has 2 nitrogen and oxygen atoms in total. The zero-order chi connectivity index (χ0) is 14.3. The van der Waals surface area contributed by atoms with Crippen LogP contribution in [0.5, 0.6) is 0 Å². The van der Waals surface area contributed by atoms with Crippen molar-refractivity contribution >= 4 is 11.4 Å². The molecule has 0 saturated heterocycles. The third-order valence-corrected chi connectivity index (χ3v) is 3.11. The molecule has 0 bridgehead atoms. The summed E-state index contributed by atoms with van der Waals surface area (Å²) in [5, 5.41) is 0. The van der Waals surface area contributed by atoms with Gasteiger partial charge in [0, 0.05) is 11.8 Å². The van der Waals surface area contributed by atoms with Crippen LogP contribution in [-0.2, 0) is 0 Å². The van der Waals surface area contributed by atoms with Gasteiger partial charge in [-0.2, -0.15) is 0 Å². The van der Waals surface area contributed by atoms with Crippen molar-refractivity contribution in [2.45, 2.75) is 40.2 Å². The third kappa shape index (κ3) is 5.23. The van der Waals surface area contributed by atoms with E-state index in [-0.39, 0.29) is 6.04 Å². The van der Waals surface area contributed by atoms with E-state index >= 15 is 0 Å². The molecule has 102 valence electrons. The molecule has 1 aromatic rings. The van der Waals surface area contributed by atoms with Crippen molar-refractivity contribution in [2.75, 3.05) is 0 Å². The van der Waals surface area contributed by atoms with Crippen LogP contribution < -0.4 is 5.73 Å². The van der Waals surface area contributed by atoms with Gasteiger partial charge in [-0.05, 0) is 38.8 Å². The fourth-order valence-corrected chi connectivity index (χ4v) is 1.66. The van der Waals surface area contributed by atoms with Gasteiger partial charge >= 0.3 is 0 Å². The highest BCUT2D eigenvalue weighted by Gasteiger charge is 2.03. The molecule has 19 heavy (non-hydrogen) atoms. The summed E-state index contributed by atoms with van der Waals surface area (Å²) in [7, 11) is 0. The zero-order valence-electron chi connectivity index (χ0n) is 12.4. The number of hydrogen-bond acceptors (Lipinski definition) is 2. The maximum atomic E-state index is 6.00. The van der Waals surface area contributed by atoms with Gasteiger partial charge in [-0.15, -0.1) is 0 Å². The average molecular weight is 256 g/mol. The van der Waals surface area contributed by atoms with E-state index in [1.165, 1.54) is 5.56 Å². The molecular weight excluding hydrogens is 232 g/mol. The van der Waals surface area contributed by atoms with Crippen LogP contribution in [0.1, 0.15) is 31.4 Å². The van der Waals surface area contributed by atoms with Crippen LogP contribution in [-0.4, -0.2) is 11.8 Å². The van der Waals surface area contributed by atoms with Crippen LogP contribution in [0.3, 0.4) is 0 Å². The number of aliphatic imine (C=N–C) groups is 1. The lowest BCUT2D eigenvalue weighted by atomic mass is 10.1. The molecule has 2 heteroatoms. The first-order valence-corrected chi connectivity index (χ1v) is 6.76. The molecule has 0 aliphatic heterocycles. The number of rotatable bonds is 3. The number of nitrogens with zero attached hydrogens (tertiary/aromatic N) is 1. The predicted octanol–water partition coefficient (Wildman–Crippen LogP) is 4.26. The van der Waals surface area contributed by atoms with E-state index in [9.17, 15) is 0 Å². The van der Waals surface area contributed by atoms with Crippen LogP contribution in [0.4, 0.5) is 5.69 Å². The molecule has 0 amide bonds. The fourth-order valence-electron chi connectivity index (χ4n) is 1.66. The quantitative estimate of drug-likeness (QED) is 0.806. The van der Waals surface area contributed by atoms with Crippen molar-refractivity contribution in [1.29, 1.82) is 0 Å². The first kappa shape index (κ1) is 15.4. The van der Waals surface area contributed by atoms with Crippen LogP contribution in [0, 0.1) is 13.8 Å². The lowest BCUT2D eigenvalue weighted by Crippen LogP contribution is -2.27. The van der Waals surface area contributed by atoms with Gasteiger partial charge in [0.15, 0.2) is 0 Å². The van der Waals surface area contributed by atoms with E-state index < -0.39 is 0 Å². The molecule has 1 rings (SSSR count). The number of hydrogen-bond donors (Lipinski definition) is 1. The van der Waals surface area contributed by atoms with Gasteiger partial charge < -0.3 is 5.73 Å². The molecule has 1 atom stereocenters. The van der Waals surface area contributed by atoms with Gasteiger partial charge in [-0.3, -0.25) is 4.99 Å². The Hall–Kier alpha value is -1.67. The van der Waals surface area contributed by atoms with E-state index in [4.69, 9.17) is 5.73 Å². The van der Waals surface area contributed by atoms with E-state index in [1.807, 2.05) is 25.1 Å². The highest BCUT2D eigenvalue weighted by Crippen LogP contribution is 2.16. The third-order valence-electron chi connectivity index (χ3n) is 3.11. The SMILES string of the molecule is CCC(N)/C(C)=N\c1ccccc(C)cccc1C. The molecule has 0 aromatic heterocycles. The summed E-state index contributed by atoms with van der Waals surface area (Å²) in [6, 6.07) is 14.4. The maximum Gasteiger partial charge on any atom is 0.0658 e. The highest BCUT2D eigenvalue weighted by atomic mass is 14.8. The van der Waals surface area contributed by atoms with Gasteiger partial charge in [0.05, 0.1) is 5.69 Å². The molecular formula is C17H24N2. The van der Waals surface area contributed by atoms with Crippen molar-refractivity contribution < 1.29 is 0 Å². The summed E-state index contributed by atoms with van der Waals surface area (Å²) in [4.78, 5) is 4.66. The molecule has 0 fully saturated rings. The molecule has 1 unspecified atom stereocenters. The van der Waals surface area contributed by atoms with Crippen LogP contribution >= 0.6 is 0 Å². The Morgan fingerprint density at radius 1 is 1.11 bits per heavy atom. The van der Waals surface area contributed by atoms with Gasteiger partial charge in [-0.25, -0.2) is 0 Å². The monoisotopic (exact) mass is 256 g/mol. The van der Waals surface area contributed by atoms with Gasteiger partial charge in [-0.1, -0.05) is 48.9 Å². The smallest absolute Gasteiger partial charge is 0.0658 e. The number of aryl methyl sites for hydroxylation is 2. The lowest BCUT2D eigenvalue weighted by molar-refractivity contribution is 0.815. The van der Waals surface area contributed by atoms with Gasteiger partial charge in [0.25, 0.3) is 0 Å². The van der Waals surface area contributed by atoms with Crippen molar-refractivity contribution in [3.05, 3.63) is 53.6 Å². The largest absolute Gasteiger partial charge is 0.323 e. The topological polar surface area (TPSA) is 38.4 Å². The van der Waals surface area contributed by atoms with Crippen LogP contribution in [0.25, 0.3) is 0 Å². The van der Waals surface area contributed by atoms with Crippen molar-refractivity contribution in [3.63, 3.8) is 0 Å². The summed E-state index contributed by atoms with van der Waals surface area (Å²) in [6.45, 7) is 8.22. The second-order valence-corrected chi connectivity index (χ2v) is 4.82. The minimum Gasteiger partial charge on any atom is -0.323 e. The van der Waals surface area contributed by atoms with E-state index in [0.717, 1.165) is 23.4 Å². The predicted molar refractivity (Wildman–Crippen MR) is 84.6 cm³/mol. The molecule has 1 aromatic carbocycles. The first-order valence-electron chi connectivity index (χ1n) is 6.76. The van der Waals surface area contributed by atoms with E-state index in [2.05, 4.69) is 50.0 Å². The maximum absolute atomic E-state index is 6.00. The Morgan fingerprint density at radius 3 is 2.42 bits per heavy atom. The molecule has 2 N–H and O–H groups in total. The molecule has 0 aliphatic carbocycles. The lowest BCUT2D eigenvalue weighted by Gasteiger charge is -2.08. The summed E-state index contributed by atoms with van der Waals surface area (Å²) in [5.74, 6) is 0. The number of nitrogens with two attached hydrogens (primary N) is 1. The van der Waals surface area contributed by atoms with Gasteiger partial charge in [0.2, 0.25) is 0 Å². The molecule has 0 heterocycles. The summed E-state index contributed by atoms with van der Waals surface area (Å²) in [5.41, 5.74) is 10.3. The van der Waals surface area contributed by atoms with E-state index in [0.29, 0.717) is 0 Å². The fraction of sp³-hybridized carbons (Fsp3) is 0.353. The summed E-state index contributed by atoms with van der Waals surface area (Å²) < 4.78 is 0. The van der Waals surface area contributed by atoms with Crippen molar-refractivity contribution in [2.24, 2.45) is 10.7 Å². The van der Waals surface area contributed by atoms with Crippen LogP contribution in [0.2, 0.25) is 0 Å². The van der Waals surface area contributed by atoms with E-state index in [1.54, 1.807) is 0 Å². The minimum atomic E-state index is 0.0331. The standard InChI is InChI=1S/C17H24N2/c1-5-16(18)15(4)19-17-12-7-6-9-13(2)10-8-11-14(17)3/h6-12,16H,5,18H2,1-4H3/b7-6?,9-6?,10-8?,11-8?,12-7?,13-9?,13-10?,14-11?,17-12?,17-14?,19-15-. The van der Waals surface area contributed by atoms with Gasteiger partial charge in [0.1, 0.15) is 0 Å². The Bertz CT molecular complexity index is 503. The van der Waals surface area contributed by atoms with Crippen molar-refractivity contribution in [1.82, 2.24) is 0 Å². The molecule has 0 aliphatic rings. The molecule has 0 saturated carbocycles. The Morgan fingerprint density at radius 2 is 1.74 bits per heavy atom. The summed E-state index contributed by atoms with van der Waals surface area (Å²) in [6.07, 6.45) is 0.906. The Balaban J connectivity index is 3.28. The minimum absolute atomic E-state index is 0.0331. The van der Waals surface area contributed by atoms with Crippen molar-refractivity contribution in [3.8, 4) is 0 Å². The first-order chi connectivity index (χ1) is 9.04. The average Bonchev–Trinajstić information content (AvgIpc) is 2.40. The Kier molecular flexibility index (Phi) is 6.23. The normalized spacial score (nSPS) is 12.8. The molecule has 0 spiro atoms. The highest BCUT2D eigenvalue weighted by molar-refractivity contribution is 5.89.